The van der Waals surface area contributed by atoms with Crippen LogP contribution in [0.2, 0.25) is 0 Å². The largest absolute Gasteiger partial charge is 0.370 e. The number of nitrogens with zero attached hydrogens (tertiary/aromatic N) is 2. The van der Waals surface area contributed by atoms with Gasteiger partial charge in [-0.1, -0.05) is 27.7 Å². The van der Waals surface area contributed by atoms with Crippen molar-refractivity contribution in [3.8, 4) is 0 Å². The van der Waals surface area contributed by atoms with Gasteiger partial charge < -0.3 is 10.6 Å². The van der Waals surface area contributed by atoms with Crippen molar-refractivity contribution in [3.63, 3.8) is 0 Å². The summed E-state index contributed by atoms with van der Waals surface area (Å²) >= 11 is 0. The van der Waals surface area contributed by atoms with Gasteiger partial charge in [0.25, 0.3) is 0 Å². The summed E-state index contributed by atoms with van der Waals surface area (Å²) < 4.78 is 1.99. The molecule has 1 aliphatic heterocycles. The van der Waals surface area contributed by atoms with E-state index in [-0.39, 0.29) is 17.4 Å². The molecule has 1 fully saturated rings. The highest BCUT2D eigenvalue weighted by Crippen LogP contribution is 2.29. The molecule has 2 rings (SSSR count). The number of amides is 1. The van der Waals surface area contributed by atoms with Crippen LogP contribution in [0, 0.1) is 18.3 Å². The van der Waals surface area contributed by atoms with Crippen LogP contribution in [0.1, 0.15) is 33.4 Å². The Kier molecular flexibility index (Phi) is 3.56. The van der Waals surface area contributed by atoms with Crippen LogP contribution >= 0.6 is 0 Å². The number of carbonyl (C=O) groups excluding carboxylic acids is 1. The SMILES string of the molecule is Cc1c(NC2C(=O)NCC2(C)C)cnn1CC(C)C. The Labute approximate surface area is 114 Å². The van der Waals surface area contributed by atoms with Gasteiger partial charge in [-0.3, -0.25) is 9.48 Å². The molecule has 19 heavy (non-hydrogen) atoms. The number of aromatic nitrogens is 2. The third kappa shape index (κ3) is 2.74. The topological polar surface area (TPSA) is 59.0 Å². The monoisotopic (exact) mass is 264 g/mol. The highest BCUT2D eigenvalue weighted by Gasteiger charge is 2.41. The zero-order valence-electron chi connectivity index (χ0n) is 12.4. The first-order valence-electron chi connectivity index (χ1n) is 6.88. The van der Waals surface area contributed by atoms with Gasteiger partial charge >= 0.3 is 0 Å². The van der Waals surface area contributed by atoms with E-state index in [1.54, 1.807) is 0 Å². The standard InChI is InChI=1S/C14H24N4O/c1-9(2)7-18-10(3)11(6-16-18)17-12-13(19)15-8-14(12,4)5/h6,9,12,17H,7-8H2,1-5H3,(H,15,19). The summed E-state index contributed by atoms with van der Waals surface area (Å²) in [6.07, 6.45) is 1.82. The van der Waals surface area contributed by atoms with Crippen molar-refractivity contribution in [2.75, 3.05) is 11.9 Å². The van der Waals surface area contributed by atoms with E-state index in [4.69, 9.17) is 0 Å². The second kappa shape index (κ2) is 4.87. The quantitative estimate of drug-likeness (QED) is 0.871. The summed E-state index contributed by atoms with van der Waals surface area (Å²) in [4.78, 5) is 11.9. The van der Waals surface area contributed by atoms with E-state index < -0.39 is 0 Å². The maximum atomic E-state index is 11.9. The number of hydrogen-bond donors (Lipinski definition) is 2. The average Bonchev–Trinajstić information content (AvgIpc) is 2.76. The van der Waals surface area contributed by atoms with Gasteiger partial charge in [0.2, 0.25) is 5.91 Å². The number of hydrogen-bond acceptors (Lipinski definition) is 3. The number of rotatable bonds is 4. The Balaban J connectivity index is 2.15. The number of carbonyl (C=O) groups is 1. The van der Waals surface area contributed by atoms with Gasteiger partial charge in [-0.05, 0) is 12.8 Å². The minimum absolute atomic E-state index is 0.0704. The maximum Gasteiger partial charge on any atom is 0.243 e. The number of nitrogens with one attached hydrogen (secondary N) is 2. The fourth-order valence-electron chi connectivity index (χ4n) is 2.41. The Morgan fingerprint density at radius 1 is 1.58 bits per heavy atom. The molecule has 1 amide bonds. The predicted molar refractivity (Wildman–Crippen MR) is 76.0 cm³/mol. The zero-order chi connectivity index (χ0) is 14.2. The number of anilines is 1. The van der Waals surface area contributed by atoms with Crippen molar-refractivity contribution in [2.24, 2.45) is 11.3 Å². The van der Waals surface area contributed by atoms with E-state index in [0.29, 0.717) is 12.5 Å². The van der Waals surface area contributed by atoms with Crippen LogP contribution in [0.3, 0.4) is 0 Å². The first-order chi connectivity index (χ1) is 8.81. The lowest BCUT2D eigenvalue weighted by Crippen LogP contribution is -2.38. The van der Waals surface area contributed by atoms with E-state index in [1.807, 2.05) is 17.8 Å². The summed E-state index contributed by atoms with van der Waals surface area (Å²) in [7, 11) is 0. The molecule has 0 spiro atoms. The molecule has 1 aromatic heterocycles. The first kappa shape index (κ1) is 13.9. The fourth-order valence-corrected chi connectivity index (χ4v) is 2.41. The molecule has 5 heteroatoms. The smallest absolute Gasteiger partial charge is 0.243 e. The Bertz CT molecular complexity index is 476. The molecule has 0 bridgehead atoms. The third-order valence-corrected chi connectivity index (χ3v) is 3.70. The van der Waals surface area contributed by atoms with Gasteiger partial charge in [-0.25, -0.2) is 0 Å². The molecule has 106 valence electrons. The minimum atomic E-state index is -0.192. The van der Waals surface area contributed by atoms with E-state index >= 15 is 0 Å². The maximum absolute atomic E-state index is 11.9. The molecule has 0 radical (unpaired) electrons. The third-order valence-electron chi connectivity index (χ3n) is 3.70. The molecular weight excluding hydrogens is 240 g/mol. The van der Waals surface area contributed by atoms with Gasteiger partial charge in [-0.15, -0.1) is 0 Å². The van der Waals surface area contributed by atoms with Gasteiger partial charge in [0.1, 0.15) is 6.04 Å². The minimum Gasteiger partial charge on any atom is -0.370 e. The lowest BCUT2D eigenvalue weighted by Gasteiger charge is -2.25. The second-order valence-corrected chi connectivity index (χ2v) is 6.50. The Hall–Kier alpha value is -1.52. The molecule has 0 aromatic carbocycles. The molecule has 0 aliphatic carbocycles. The van der Waals surface area contributed by atoms with Gasteiger partial charge in [0.05, 0.1) is 17.6 Å². The van der Waals surface area contributed by atoms with E-state index in [9.17, 15) is 4.79 Å². The molecule has 2 N–H and O–H groups in total. The van der Waals surface area contributed by atoms with Gasteiger partial charge in [0, 0.05) is 18.5 Å². The van der Waals surface area contributed by atoms with Crippen LogP contribution in [0.4, 0.5) is 5.69 Å². The second-order valence-electron chi connectivity index (χ2n) is 6.50. The Morgan fingerprint density at radius 3 is 2.79 bits per heavy atom. The van der Waals surface area contributed by atoms with E-state index in [2.05, 4.69) is 43.4 Å². The van der Waals surface area contributed by atoms with Crippen LogP contribution in [0.25, 0.3) is 0 Å². The van der Waals surface area contributed by atoms with Crippen molar-refractivity contribution in [1.82, 2.24) is 15.1 Å². The normalized spacial score (nSPS) is 21.8. The zero-order valence-corrected chi connectivity index (χ0v) is 12.4. The van der Waals surface area contributed by atoms with Crippen molar-refractivity contribution < 1.29 is 4.79 Å². The molecule has 5 nitrogen and oxygen atoms in total. The van der Waals surface area contributed by atoms with Crippen molar-refractivity contribution >= 4 is 11.6 Å². The van der Waals surface area contributed by atoms with Gasteiger partial charge in [0.15, 0.2) is 0 Å². The van der Waals surface area contributed by atoms with E-state index in [0.717, 1.165) is 17.9 Å². The summed E-state index contributed by atoms with van der Waals surface area (Å²) in [5.41, 5.74) is 1.96. The highest BCUT2D eigenvalue weighted by molar-refractivity contribution is 5.88. The lowest BCUT2D eigenvalue weighted by molar-refractivity contribution is -0.120. The Morgan fingerprint density at radius 2 is 2.26 bits per heavy atom. The molecule has 2 heterocycles. The van der Waals surface area contributed by atoms with Crippen molar-refractivity contribution in [2.45, 2.75) is 47.2 Å². The predicted octanol–water partition coefficient (Wildman–Crippen LogP) is 1.78. The lowest BCUT2D eigenvalue weighted by atomic mass is 9.87. The van der Waals surface area contributed by atoms with Crippen LogP contribution < -0.4 is 10.6 Å². The van der Waals surface area contributed by atoms with Crippen LogP contribution in [-0.2, 0) is 11.3 Å². The molecule has 1 atom stereocenters. The van der Waals surface area contributed by atoms with Crippen LogP contribution in [-0.4, -0.2) is 28.3 Å². The molecule has 0 saturated carbocycles. The van der Waals surface area contributed by atoms with Crippen LogP contribution in [0.5, 0.6) is 0 Å². The van der Waals surface area contributed by atoms with Crippen molar-refractivity contribution in [3.05, 3.63) is 11.9 Å². The first-order valence-corrected chi connectivity index (χ1v) is 6.88. The molecule has 1 unspecified atom stereocenters. The molecule has 1 aliphatic rings. The van der Waals surface area contributed by atoms with Gasteiger partial charge in [-0.2, -0.15) is 5.10 Å². The van der Waals surface area contributed by atoms with Crippen LogP contribution in [0.15, 0.2) is 6.20 Å². The summed E-state index contributed by atoms with van der Waals surface area (Å²) in [6.45, 7) is 12.2. The average molecular weight is 264 g/mol. The van der Waals surface area contributed by atoms with E-state index in [1.165, 1.54) is 0 Å². The van der Waals surface area contributed by atoms with Crippen molar-refractivity contribution in [1.29, 1.82) is 0 Å². The fraction of sp³-hybridized carbons (Fsp3) is 0.714. The summed E-state index contributed by atoms with van der Waals surface area (Å²) in [6, 6.07) is -0.192. The summed E-state index contributed by atoms with van der Waals surface area (Å²) in [5, 5.41) is 10.7. The molecule has 1 saturated heterocycles. The molecular formula is C14H24N4O. The molecule has 1 aromatic rings. The summed E-state index contributed by atoms with van der Waals surface area (Å²) in [5.74, 6) is 0.624. The highest BCUT2D eigenvalue weighted by atomic mass is 16.2.